The van der Waals surface area contributed by atoms with E-state index in [9.17, 15) is 43.5 Å². The van der Waals surface area contributed by atoms with Crippen molar-refractivity contribution >= 4 is 47.4 Å². The average molecular weight is 1250 g/mol. The van der Waals surface area contributed by atoms with E-state index < -0.39 is 75.4 Å². The number of carbonyl (C=O) groups excluding carboxylic acids is 8. The van der Waals surface area contributed by atoms with Crippen LogP contribution >= 0.6 is 0 Å². The molecule has 0 bridgehead atoms. The Labute approximate surface area is 532 Å². The Kier molecular flexibility index (Phi) is 33.5. The Bertz CT molecular complexity index is 2840. The third-order valence-corrected chi connectivity index (χ3v) is 15.5. The van der Waals surface area contributed by atoms with Gasteiger partial charge in [-0.3, -0.25) is 38.4 Å². The highest BCUT2D eigenvalue weighted by atomic mass is 16.6. The highest BCUT2D eigenvalue weighted by Gasteiger charge is 2.45. The van der Waals surface area contributed by atoms with Crippen molar-refractivity contribution in [2.24, 2.45) is 50.7 Å². The van der Waals surface area contributed by atoms with E-state index >= 15 is 0 Å². The average Bonchev–Trinajstić information content (AvgIpc) is 2.39. The molecule has 1 aliphatic rings. The summed E-state index contributed by atoms with van der Waals surface area (Å²) in [6.07, 6.45) is 3.42. The van der Waals surface area contributed by atoms with E-state index in [1.807, 2.05) is 39.8 Å². The molecule has 20 heteroatoms. The fraction of sp³-hybridized carbons (Fsp3) is 0.543. The van der Waals surface area contributed by atoms with Gasteiger partial charge in [0, 0.05) is 55.0 Å². The first-order chi connectivity index (χ1) is 42.8. The molecule has 8 N–H and O–H groups in total. The number of carbonyl (C=O) groups is 8. The maximum Gasteiger partial charge on any atom is 0.316 e. The number of hydrogen-bond acceptors (Lipinski definition) is 20. The molecule has 496 valence electrons. The molecule has 0 radical (unpaired) electrons. The summed E-state index contributed by atoms with van der Waals surface area (Å²) >= 11 is 0. The van der Waals surface area contributed by atoms with E-state index in [1.54, 1.807) is 139 Å². The highest BCUT2D eigenvalue weighted by Crippen LogP contribution is 2.40. The molecule has 1 aliphatic heterocycles. The van der Waals surface area contributed by atoms with Gasteiger partial charge >= 0.3 is 35.8 Å². The smallest absolute Gasteiger partial charge is 0.316 e. The summed E-state index contributed by atoms with van der Waals surface area (Å²) in [6, 6.07) is 30.5. The van der Waals surface area contributed by atoms with E-state index in [1.165, 1.54) is 0 Å². The van der Waals surface area contributed by atoms with Crippen LogP contribution in [0.4, 0.5) is 0 Å². The zero-order chi connectivity index (χ0) is 66.9. The standard InChI is InChI=1S/C35H50N2O8.C33H42O8.C2H8N2/c1-6-8-20-43-31(40)27(22-35(5,7-2)33(42)44-24-28(38)23-37-19-18-36)21-34(3,4)32(41)45-29-16-14-26(15-17-29)30(39)25-12-10-9-11-13-25;1-6-8-18-38-29(35)25(20-33(5,7-2)31(37)40-22-27-21-39-27)19-32(3,4)30(36)41-26-16-14-24(15-17-26)28(34)23-12-10-9-11-13-23;3-1-2-4/h9-17,27-28,37-38H,6-8,18-24,36H2,1-5H3;9-17,25,27H,6-8,18-22H2,1-5H3;1-4H2. The quantitative estimate of drug-likeness (QED) is 0.00701. The minimum absolute atomic E-state index is 0.0610. The molecular weight excluding hydrogens is 1150 g/mol. The van der Waals surface area contributed by atoms with Crippen LogP contribution < -0.4 is 32.0 Å². The third-order valence-electron chi connectivity index (χ3n) is 15.5. The maximum absolute atomic E-state index is 13.4. The van der Waals surface area contributed by atoms with E-state index in [0.29, 0.717) is 80.1 Å². The van der Waals surface area contributed by atoms with Crippen molar-refractivity contribution in [2.45, 2.75) is 146 Å². The summed E-state index contributed by atoms with van der Waals surface area (Å²) in [5.41, 5.74) is 13.1. The predicted octanol–water partition coefficient (Wildman–Crippen LogP) is 9.31. The number of ketones is 2. The Balaban J connectivity index is 0.000000445. The van der Waals surface area contributed by atoms with Gasteiger partial charge in [0.25, 0.3) is 0 Å². The van der Waals surface area contributed by atoms with Crippen LogP contribution in [0.25, 0.3) is 0 Å². The molecule has 1 fully saturated rings. The molecule has 90 heavy (non-hydrogen) atoms. The van der Waals surface area contributed by atoms with Crippen molar-refractivity contribution in [3.63, 3.8) is 0 Å². The number of aliphatic hydroxyl groups excluding tert-OH is 1. The number of hydrogen-bond donors (Lipinski definition) is 5. The number of benzene rings is 4. The van der Waals surface area contributed by atoms with Gasteiger partial charge in [0.2, 0.25) is 0 Å². The number of ether oxygens (including phenoxy) is 7. The van der Waals surface area contributed by atoms with E-state index in [2.05, 4.69) is 5.32 Å². The summed E-state index contributed by atoms with van der Waals surface area (Å²) in [5, 5.41) is 13.1. The fourth-order valence-electron chi connectivity index (χ4n) is 9.21. The zero-order valence-electron chi connectivity index (χ0n) is 54.6. The van der Waals surface area contributed by atoms with Crippen molar-refractivity contribution < 1.29 is 76.6 Å². The third kappa shape index (κ3) is 26.3. The number of unbranched alkanes of at least 4 members (excludes halogenated alkanes) is 2. The molecule has 0 spiro atoms. The Hall–Kier alpha value is -7.20. The second-order valence-corrected chi connectivity index (χ2v) is 24.4. The summed E-state index contributed by atoms with van der Waals surface area (Å²) in [5.74, 6) is -4.22. The molecule has 20 nitrogen and oxygen atoms in total. The number of nitrogens with two attached hydrogens (primary N) is 3. The van der Waals surface area contributed by atoms with E-state index in [-0.39, 0.29) is 82.1 Å². The summed E-state index contributed by atoms with van der Waals surface area (Å²) in [6.45, 7) is 21.4. The lowest BCUT2D eigenvalue weighted by atomic mass is 9.73. The van der Waals surface area contributed by atoms with Crippen molar-refractivity contribution in [2.75, 3.05) is 65.8 Å². The summed E-state index contributed by atoms with van der Waals surface area (Å²) < 4.78 is 38.5. The van der Waals surface area contributed by atoms with E-state index in [0.717, 1.165) is 19.3 Å². The molecule has 6 unspecified atom stereocenters. The van der Waals surface area contributed by atoms with Gasteiger partial charge in [-0.2, -0.15) is 0 Å². The zero-order valence-corrected chi connectivity index (χ0v) is 54.6. The number of epoxide rings is 1. The molecule has 5 rings (SSSR count). The second kappa shape index (κ2) is 39.1. The van der Waals surface area contributed by atoms with Crippen molar-refractivity contribution in [1.29, 1.82) is 0 Å². The summed E-state index contributed by atoms with van der Waals surface area (Å²) in [4.78, 5) is 105. The normalized spacial score (nSPS) is 15.0. The van der Waals surface area contributed by atoms with Crippen molar-refractivity contribution in [3.8, 4) is 11.5 Å². The topological polar surface area (TPSA) is 315 Å². The largest absolute Gasteiger partial charge is 0.465 e. The van der Waals surface area contributed by atoms with Gasteiger partial charge in [0.05, 0.1) is 53.3 Å². The van der Waals surface area contributed by atoms with Crippen LogP contribution in [0.1, 0.15) is 165 Å². The van der Waals surface area contributed by atoms with Gasteiger partial charge in [-0.1, -0.05) is 101 Å². The molecule has 4 aromatic rings. The fourth-order valence-corrected chi connectivity index (χ4v) is 9.21. The predicted molar refractivity (Wildman–Crippen MR) is 343 cm³/mol. The SMILES string of the molecule is CCCCOC(=O)C(CC(C)(C)C(=O)Oc1ccc(C(=O)c2ccccc2)cc1)CC(C)(CC)C(=O)OCC(O)CNCCN.CCCCOC(=O)C(CC(C)(C)C(=O)Oc1ccc(C(=O)c2ccccc2)cc1)CC(C)(CC)C(=O)OCC1CO1.NCCN. The van der Waals surface area contributed by atoms with Crippen LogP contribution in [-0.4, -0.2) is 130 Å². The number of rotatable bonds is 37. The molecule has 0 aromatic heterocycles. The first kappa shape index (κ1) is 77.0. The van der Waals surface area contributed by atoms with Crippen molar-refractivity contribution in [1.82, 2.24) is 5.32 Å². The minimum atomic E-state index is -1.13. The Morgan fingerprint density at radius 2 is 0.900 bits per heavy atom. The molecule has 0 saturated carbocycles. The van der Waals surface area contributed by atoms with Gasteiger partial charge in [-0.25, -0.2) is 0 Å². The maximum atomic E-state index is 13.4. The van der Waals surface area contributed by atoms with Crippen LogP contribution in [0.5, 0.6) is 11.5 Å². The number of aliphatic hydroxyl groups is 1. The highest BCUT2D eigenvalue weighted by molar-refractivity contribution is 6.09. The first-order valence-corrected chi connectivity index (χ1v) is 31.4. The molecule has 1 heterocycles. The lowest BCUT2D eigenvalue weighted by Gasteiger charge is -2.33. The first-order valence-electron chi connectivity index (χ1n) is 31.4. The molecular formula is C70H100N4O16. The molecule has 0 amide bonds. The van der Waals surface area contributed by atoms with Gasteiger partial charge in [-0.05, 0) is 141 Å². The van der Waals surface area contributed by atoms with Crippen LogP contribution in [-0.2, 0) is 52.5 Å². The second-order valence-electron chi connectivity index (χ2n) is 24.4. The van der Waals surface area contributed by atoms with Crippen LogP contribution in [0, 0.1) is 33.5 Å². The molecule has 1 saturated heterocycles. The monoisotopic (exact) mass is 1250 g/mol. The Morgan fingerprint density at radius 1 is 0.522 bits per heavy atom. The molecule has 0 aliphatic carbocycles. The van der Waals surface area contributed by atoms with Gasteiger partial charge in [0.1, 0.15) is 36.9 Å². The Morgan fingerprint density at radius 3 is 1.24 bits per heavy atom. The van der Waals surface area contributed by atoms with Crippen molar-refractivity contribution in [3.05, 3.63) is 131 Å². The van der Waals surface area contributed by atoms with Crippen LogP contribution in [0.2, 0.25) is 0 Å². The number of esters is 6. The molecule has 4 aromatic carbocycles. The summed E-state index contributed by atoms with van der Waals surface area (Å²) in [7, 11) is 0. The van der Waals surface area contributed by atoms with E-state index in [4.69, 9.17) is 50.4 Å². The molecule has 6 atom stereocenters. The number of nitrogens with one attached hydrogen (secondary N) is 1. The minimum Gasteiger partial charge on any atom is -0.465 e. The van der Waals surface area contributed by atoms with Gasteiger partial charge in [-0.15, -0.1) is 0 Å². The van der Waals surface area contributed by atoms with Gasteiger partial charge in [0.15, 0.2) is 11.6 Å². The van der Waals surface area contributed by atoms with Crippen LogP contribution in [0.15, 0.2) is 109 Å². The van der Waals surface area contributed by atoms with Crippen LogP contribution in [0.3, 0.4) is 0 Å². The lowest BCUT2D eigenvalue weighted by molar-refractivity contribution is -0.163. The van der Waals surface area contributed by atoms with Gasteiger partial charge < -0.3 is 60.8 Å². The lowest BCUT2D eigenvalue weighted by Crippen LogP contribution is -2.40.